The maximum absolute atomic E-state index is 13.5. The fourth-order valence-electron chi connectivity index (χ4n) is 4.39. The quantitative estimate of drug-likeness (QED) is 0.732. The van der Waals surface area contributed by atoms with E-state index in [-0.39, 0.29) is 24.3 Å². The molecule has 30 heavy (non-hydrogen) atoms. The number of nitrogens with one attached hydrogen (secondary N) is 1. The number of amides is 2. The zero-order chi connectivity index (χ0) is 21.1. The number of carbonyl (C=O) groups is 2. The molecule has 5 nitrogen and oxygen atoms in total. The van der Waals surface area contributed by atoms with Crippen LogP contribution in [0.2, 0.25) is 0 Å². The van der Waals surface area contributed by atoms with Crippen molar-refractivity contribution in [3.05, 3.63) is 65.7 Å². The second kappa shape index (κ2) is 8.34. The van der Waals surface area contributed by atoms with E-state index in [2.05, 4.69) is 5.32 Å². The van der Waals surface area contributed by atoms with Crippen LogP contribution < -0.4 is 15.0 Å². The summed E-state index contributed by atoms with van der Waals surface area (Å²) in [4.78, 5) is 27.8. The maximum Gasteiger partial charge on any atom is 0.251 e. The molecule has 156 valence electrons. The molecule has 0 bridgehead atoms. The SMILES string of the molecule is COc1ccccc1C=CC1(C(=O)NC2CCCC2)CC(=O)N1c1ccc(C)cc1. The first kappa shape index (κ1) is 20.2. The second-order valence-corrected chi connectivity index (χ2v) is 8.20. The molecular weight excluding hydrogens is 376 g/mol. The first-order valence-corrected chi connectivity index (χ1v) is 10.6. The first-order valence-electron chi connectivity index (χ1n) is 10.6. The van der Waals surface area contributed by atoms with Gasteiger partial charge in [0.25, 0.3) is 5.91 Å². The van der Waals surface area contributed by atoms with Crippen LogP contribution in [0.1, 0.15) is 43.2 Å². The van der Waals surface area contributed by atoms with Crippen molar-refractivity contribution in [3.63, 3.8) is 0 Å². The molecular formula is C25H28N2O3. The lowest BCUT2D eigenvalue weighted by Gasteiger charge is -2.49. The van der Waals surface area contributed by atoms with E-state index in [0.717, 1.165) is 48.2 Å². The fourth-order valence-corrected chi connectivity index (χ4v) is 4.39. The van der Waals surface area contributed by atoms with Crippen LogP contribution >= 0.6 is 0 Å². The molecule has 1 heterocycles. The Hall–Kier alpha value is -3.08. The third-order valence-corrected chi connectivity index (χ3v) is 6.12. The number of hydrogen-bond donors (Lipinski definition) is 1. The monoisotopic (exact) mass is 404 g/mol. The summed E-state index contributed by atoms with van der Waals surface area (Å²) in [5, 5.41) is 3.20. The van der Waals surface area contributed by atoms with Gasteiger partial charge in [-0.2, -0.15) is 0 Å². The summed E-state index contributed by atoms with van der Waals surface area (Å²) in [5.41, 5.74) is 1.69. The number of rotatable bonds is 6. The molecule has 0 aromatic heterocycles. The molecule has 2 aromatic carbocycles. The van der Waals surface area contributed by atoms with Gasteiger partial charge >= 0.3 is 0 Å². The Balaban J connectivity index is 1.70. The number of anilines is 1. The first-order chi connectivity index (χ1) is 14.5. The number of benzene rings is 2. The number of β-lactam (4-membered cyclic amide) rings is 1. The molecule has 2 amide bonds. The lowest BCUT2D eigenvalue weighted by molar-refractivity contribution is -0.137. The largest absolute Gasteiger partial charge is 0.496 e. The van der Waals surface area contributed by atoms with Crippen LogP contribution in [0.5, 0.6) is 5.75 Å². The summed E-state index contributed by atoms with van der Waals surface area (Å²) in [7, 11) is 1.63. The van der Waals surface area contributed by atoms with Crippen molar-refractivity contribution in [2.24, 2.45) is 0 Å². The number of para-hydroxylation sites is 1. The van der Waals surface area contributed by atoms with Gasteiger partial charge in [0.15, 0.2) is 5.54 Å². The van der Waals surface area contributed by atoms with Crippen molar-refractivity contribution >= 4 is 23.6 Å². The van der Waals surface area contributed by atoms with E-state index >= 15 is 0 Å². The Kier molecular flexibility index (Phi) is 5.62. The molecule has 1 atom stereocenters. The highest BCUT2D eigenvalue weighted by atomic mass is 16.5. The Morgan fingerprint density at radius 2 is 1.83 bits per heavy atom. The van der Waals surface area contributed by atoms with Crippen molar-refractivity contribution < 1.29 is 14.3 Å². The fraction of sp³-hybridized carbons (Fsp3) is 0.360. The van der Waals surface area contributed by atoms with E-state index in [4.69, 9.17) is 4.74 Å². The Labute approximate surface area is 177 Å². The van der Waals surface area contributed by atoms with Crippen molar-refractivity contribution in [1.82, 2.24) is 5.32 Å². The molecule has 5 heteroatoms. The zero-order valence-corrected chi connectivity index (χ0v) is 17.6. The van der Waals surface area contributed by atoms with Crippen LogP contribution in [0.15, 0.2) is 54.6 Å². The summed E-state index contributed by atoms with van der Waals surface area (Å²) in [6.45, 7) is 2.00. The number of hydrogen-bond acceptors (Lipinski definition) is 3. The maximum atomic E-state index is 13.5. The van der Waals surface area contributed by atoms with Gasteiger partial charge in [0.1, 0.15) is 5.75 Å². The summed E-state index contributed by atoms with van der Waals surface area (Å²) in [6.07, 6.45) is 8.17. The lowest BCUT2D eigenvalue weighted by Crippen LogP contribution is -2.70. The van der Waals surface area contributed by atoms with E-state index < -0.39 is 5.54 Å². The van der Waals surface area contributed by atoms with Crippen molar-refractivity contribution in [2.45, 2.75) is 50.6 Å². The molecule has 1 N–H and O–H groups in total. The predicted molar refractivity (Wildman–Crippen MR) is 118 cm³/mol. The molecule has 1 saturated heterocycles. The summed E-state index contributed by atoms with van der Waals surface area (Å²) < 4.78 is 5.44. The van der Waals surface area contributed by atoms with E-state index in [1.165, 1.54) is 0 Å². The normalized spacial score (nSPS) is 21.7. The summed E-state index contributed by atoms with van der Waals surface area (Å²) in [5.74, 6) is 0.568. The van der Waals surface area contributed by atoms with Crippen LogP contribution in [0.4, 0.5) is 5.69 Å². The molecule has 2 fully saturated rings. The van der Waals surface area contributed by atoms with E-state index in [1.807, 2.05) is 67.6 Å². The van der Waals surface area contributed by atoms with Crippen molar-refractivity contribution in [1.29, 1.82) is 0 Å². The van der Waals surface area contributed by atoms with Crippen LogP contribution in [-0.2, 0) is 9.59 Å². The average molecular weight is 405 g/mol. The number of nitrogens with zero attached hydrogens (tertiary/aromatic N) is 1. The minimum atomic E-state index is -1.03. The number of aryl methyl sites for hydroxylation is 1. The molecule has 1 saturated carbocycles. The second-order valence-electron chi connectivity index (χ2n) is 8.20. The van der Waals surface area contributed by atoms with Gasteiger partial charge in [0.05, 0.1) is 13.5 Å². The minimum absolute atomic E-state index is 0.0508. The van der Waals surface area contributed by atoms with Gasteiger partial charge in [-0.25, -0.2) is 0 Å². The smallest absolute Gasteiger partial charge is 0.251 e. The van der Waals surface area contributed by atoms with Crippen LogP contribution in [0.25, 0.3) is 6.08 Å². The van der Waals surface area contributed by atoms with Crippen LogP contribution in [0, 0.1) is 6.92 Å². The van der Waals surface area contributed by atoms with Gasteiger partial charge in [0.2, 0.25) is 5.91 Å². The molecule has 0 radical (unpaired) electrons. The molecule has 1 aliphatic heterocycles. The molecule has 2 aliphatic rings. The standard InChI is InChI=1S/C25H28N2O3/c1-18-11-13-21(14-12-18)27-23(28)17-25(27,24(29)26-20-8-4-5-9-20)16-15-19-7-3-6-10-22(19)30-2/h3,6-7,10-16,20H,4-5,8-9,17H2,1-2H3,(H,26,29). The van der Waals surface area contributed by atoms with Gasteiger partial charge in [-0.05, 0) is 44.0 Å². The highest BCUT2D eigenvalue weighted by Crippen LogP contribution is 2.40. The molecule has 1 aliphatic carbocycles. The van der Waals surface area contributed by atoms with Gasteiger partial charge in [0, 0.05) is 17.3 Å². The zero-order valence-electron chi connectivity index (χ0n) is 17.6. The van der Waals surface area contributed by atoms with Gasteiger partial charge in [-0.1, -0.05) is 54.8 Å². The van der Waals surface area contributed by atoms with Crippen LogP contribution in [0.3, 0.4) is 0 Å². The van der Waals surface area contributed by atoms with Gasteiger partial charge in [-0.15, -0.1) is 0 Å². The van der Waals surface area contributed by atoms with E-state index in [9.17, 15) is 9.59 Å². The van der Waals surface area contributed by atoms with Gasteiger partial charge < -0.3 is 10.1 Å². The minimum Gasteiger partial charge on any atom is -0.496 e. The summed E-state index contributed by atoms with van der Waals surface area (Å²) in [6, 6.07) is 15.6. The third kappa shape index (κ3) is 3.72. The Bertz CT molecular complexity index is 961. The lowest BCUT2D eigenvalue weighted by atomic mass is 9.80. The van der Waals surface area contributed by atoms with Crippen LogP contribution in [-0.4, -0.2) is 30.5 Å². The van der Waals surface area contributed by atoms with Crippen molar-refractivity contribution in [3.8, 4) is 5.75 Å². The van der Waals surface area contributed by atoms with Crippen molar-refractivity contribution in [2.75, 3.05) is 12.0 Å². The van der Waals surface area contributed by atoms with E-state index in [0.29, 0.717) is 0 Å². The summed E-state index contributed by atoms with van der Waals surface area (Å²) >= 11 is 0. The molecule has 2 aromatic rings. The predicted octanol–water partition coefficient (Wildman–Crippen LogP) is 4.25. The highest BCUT2D eigenvalue weighted by molar-refractivity contribution is 6.15. The molecule has 4 rings (SSSR count). The Morgan fingerprint density at radius 3 is 2.50 bits per heavy atom. The topological polar surface area (TPSA) is 58.6 Å². The third-order valence-electron chi connectivity index (χ3n) is 6.12. The molecule has 0 spiro atoms. The number of carbonyl (C=O) groups excluding carboxylic acids is 2. The highest BCUT2D eigenvalue weighted by Gasteiger charge is 2.56. The molecule has 1 unspecified atom stereocenters. The average Bonchev–Trinajstić information content (AvgIpc) is 3.25. The Morgan fingerprint density at radius 1 is 1.13 bits per heavy atom. The van der Waals surface area contributed by atoms with Gasteiger partial charge in [-0.3, -0.25) is 14.5 Å². The number of ether oxygens (including phenoxy) is 1. The van der Waals surface area contributed by atoms with E-state index in [1.54, 1.807) is 12.0 Å². The number of methoxy groups -OCH3 is 1.